The monoisotopic (exact) mass is 359 g/mol. The zero-order chi connectivity index (χ0) is 17.6. The number of Topliss-reactive ketones (excluding diaryl/α,β-unsaturated/α-hetero) is 6. The number of rotatable bonds is 6. The Labute approximate surface area is 141 Å². The number of hydrogen-bond donors (Lipinski definition) is 0. The van der Waals surface area contributed by atoms with Gasteiger partial charge in [0.05, 0.1) is 19.3 Å². The fourth-order valence-electron chi connectivity index (χ4n) is 1.05. The minimum absolute atomic E-state index is 0. The number of carbonyl (C=O) groups is 6. The van der Waals surface area contributed by atoms with E-state index in [1.807, 2.05) is 0 Å². The molecule has 0 aromatic heterocycles. The average Bonchev–Trinajstić information content (AvgIpc) is 2.10. The quantitative estimate of drug-likeness (QED) is 0.668. The van der Waals surface area contributed by atoms with Gasteiger partial charge in [-0.3, -0.25) is 28.8 Å². The van der Waals surface area contributed by atoms with Crippen molar-refractivity contribution in [3.8, 4) is 0 Å². The van der Waals surface area contributed by atoms with Gasteiger partial charge in [-0.25, -0.2) is 0 Å². The molecular formula is C15H24CoO6+2. The van der Waals surface area contributed by atoms with Crippen molar-refractivity contribution < 1.29 is 45.5 Å². The van der Waals surface area contributed by atoms with Gasteiger partial charge in [0.2, 0.25) is 0 Å². The van der Waals surface area contributed by atoms with E-state index in [1.165, 1.54) is 41.5 Å². The third kappa shape index (κ3) is 51.4. The molecule has 0 saturated carbocycles. The zero-order valence-corrected chi connectivity index (χ0v) is 14.9. The molecule has 0 aliphatic heterocycles. The van der Waals surface area contributed by atoms with Gasteiger partial charge in [-0.2, -0.15) is 0 Å². The van der Waals surface area contributed by atoms with Crippen molar-refractivity contribution in [3.63, 3.8) is 0 Å². The molecule has 0 aliphatic carbocycles. The van der Waals surface area contributed by atoms with Crippen LogP contribution in [0.15, 0.2) is 0 Å². The zero-order valence-electron chi connectivity index (χ0n) is 13.9. The van der Waals surface area contributed by atoms with Crippen LogP contribution in [0.1, 0.15) is 60.8 Å². The van der Waals surface area contributed by atoms with Crippen LogP contribution in [0.2, 0.25) is 0 Å². The molecule has 0 fully saturated rings. The van der Waals surface area contributed by atoms with E-state index in [-0.39, 0.29) is 70.7 Å². The van der Waals surface area contributed by atoms with Crippen molar-refractivity contribution in [1.82, 2.24) is 0 Å². The summed E-state index contributed by atoms with van der Waals surface area (Å²) >= 11 is 0. The molecule has 0 amide bonds. The van der Waals surface area contributed by atoms with Crippen LogP contribution >= 0.6 is 0 Å². The number of ketones is 6. The molecule has 0 heterocycles. The van der Waals surface area contributed by atoms with Crippen LogP contribution in [0.5, 0.6) is 0 Å². The maximum atomic E-state index is 10.0. The molecular weight excluding hydrogens is 335 g/mol. The molecule has 1 radical (unpaired) electrons. The van der Waals surface area contributed by atoms with Crippen LogP contribution in [0.3, 0.4) is 0 Å². The summed E-state index contributed by atoms with van der Waals surface area (Å²) in [5, 5.41) is 0. The van der Waals surface area contributed by atoms with Crippen LogP contribution in [-0.4, -0.2) is 34.7 Å². The predicted molar refractivity (Wildman–Crippen MR) is 77.9 cm³/mol. The van der Waals surface area contributed by atoms with E-state index in [4.69, 9.17) is 0 Å². The summed E-state index contributed by atoms with van der Waals surface area (Å²) in [4.78, 5) is 60.2. The molecule has 127 valence electrons. The second kappa shape index (κ2) is 17.6. The van der Waals surface area contributed by atoms with Crippen LogP contribution in [0, 0.1) is 0 Å². The molecule has 0 spiro atoms. The van der Waals surface area contributed by atoms with Crippen molar-refractivity contribution in [1.29, 1.82) is 0 Å². The molecule has 0 aromatic carbocycles. The number of hydrogen-bond acceptors (Lipinski definition) is 6. The van der Waals surface area contributed by atoms with Gasteiger partial charge in [0, 0.05) is 0 Å². The van der Waals surface area contributed by atoms with E-state index in [0.717, 1.165) is 0 Å². The molecule has 0 aliphatic rings. The number of carbonyl (C=O) groups excluding carboxylic acids is 6. The Bertz CT molecular complexity index is 314. The maximum absolute atomic E-state index is 10.0. The third-order valence-corrected chi connectivity index (χ3v) is 1.49. The smallest absolute Gasteiger partial charge is 0.300 e. The molecule has 22 heavy (non-hydrogen) atoms. The Balaban J connectivity index is -0.000000108. The molecule has 6 nitrogen and oxygen atoms in total. The van der Waals surface area contributed by atoms with E-state index in [0.29, 0.717) is 0 Å². The van der Waals surface area contributed by atoms with Crippen molar-refractivity contribution in [2.24, 2.45) is 0 Å². The summed E-state index contributed by atoms with van der Waals surface area (Å²) in [6, 6.07) is 0. The Morgan fingerprint density at radius 2 is 0.500 bits per heavy atom. The predicted octanol–water partition coefficient (Wildman–Crippen LogP) is 1.66. The third-order valence-electron chi connectivity index (χ3n) is 1.49. The van der Waals surface area contributed by atoms with Crippen molar-refractivity contribution in [3.05, 3.63) is 0 Å². The van der Waals surface area contributed by atoms with Gasteiger partial charge in [0.1, 0.15) is 34.7 Å². The van der Waals surface area contributed by atoms with Gasteiger partial charge in [0.25, 0.3) is 0 Å². The molecule has 0 bridgehead atoms. The summed E-state index contributed by atoms with van der Waals surface area (Å²) in [5.41, 5.74) is 0. The maximum Gasteiger partial charge on any atom is 2.00 e. The van der Waals surface area contributed by atoms with Crippen LogP contribution in [0.4, 0.5) is 0 Å². The summed E-state index contributed by atoms with van der Waals surface area (Å²) in [5.74, 6) is -0.375. The van der Waals surface area contributed by atoms with Crippen molar-refractivity contribution >= 4 is 34.7 Å². The van der Waals surface area contributed by atoms with E-state index < -0.39 is 0 Å². The summed E-state index contributed by atoms with van der Waals surface area (Å²) in [6.07, 6.45) is 0.250. The van der Waals surface area contributed by atoms with Crippen molar-refractivity contribution in [2.45, 2.75) is 60.8 Å². The normalized spacial score (nSPS) is 7.91. The van der Waals surface area contributed by atoms with Gasteiger partial charge in [-0.15, -0.1) is 0 Å². The summed E-state index contributed by atoms with van der Waals surface area (Å²) in [6.45, 7) is 8.42. The van der Waals surface area contributed by atoms with E-state index in [2.05, 4.69) is 0 Å². The SMILES string of the molecule is CC(=O)CC(C)=O.CC(=O)CC(C)=O.CC(=O)CC(C)=O.[Co+2]. The van der Waals surface area contributed by atoms with Gasteiger partial charge < -0.3 is 0 Å². The van der Waals surface area contributed by atoms with E-state index in [9.17, 15) is 28.8 Å². The largest absolute Gasteiger partial charge is 2.00 e. The Morgan fingerprint density at radius 3 is 0.500 bits per heavy atom. The first-order valence-corrected chi connectivity index (χ1v) is 6.35. The van der Waals surface area contributed by atoms with Gasteiger partial charge in [-0.1, -0.05) is 0 Å². The first-order chi connectivity index (χ1) is 9.38. The Kier molecular flexibility index (Phi) is 22.9. The van der Waals surface area contributed by atoms with Gasteiger partial charge in [0.15, 0.2) is 0 Å². The standard InChI is InChI=1S/3C5H8O2.Co/c3*1-4(6)3-5(2)7;/h3*3H2,1-2H3;/q;;;+2. The first-order valence-electron chi connectivity index (χ1n) is 6.35. The second-order valence-electron chi connectivity index (χ2n) is 4.74. The molecule has 7 heteroatoms. The van der Waals surface area contributed by atoms with Crippen LogP contribution in [0.25, 0.3) is 0 Å². The second-order valence-corrected chi connectivity index (χ2v) is 4.74. The molecule has 0 aromatic rings. The first kappa shape index (κ1) is 28.7. The van der Waals surface area contributed by atoms with Crippen LogP contribution < -0.4 is 0 Å². The fraction of sp³-hybridized carbons (Fsp3) is 0.600. The summed E-state index contributed by atoms with van der Waals surface area (Å²) < 4.78 is 0. The average molecular weight is 359 g/mol. The molecule has 0 rings (SSSR count). The molecule has 0 saturated heterocycles. The minimum atomic E-state index is -0.0625. The van der Waals surface area contributed by atoms with Gasteiger partial charge >= 0.3 is 16.8 Å². The summed E-state index contributed by atoms with van der Waals surface area (Å²) in [7, 11) is 0. The van der Waals surface area contributed by atoms with E-state index >= 15 is 0 Å². The van der Waals surface area contributed by atoms with E-state index in [1.54, 1.807) is 0 Å². The molecule has 0 N–H and O–H groups in total. The minimum Gasteiger partial charge on any atom is -0.300 e. The Hall–Kier alpha value is -1.47. The van der Waals surface area contributed by atoms with Gasteiger partial charge in [-0.05, 0) is 41.5 Å². The van der Waals surface area contributed by atoms with Crippen LogP contribution in [-0.2, 0) is 45.5 Å². The fourth-order valence-corrected chi connectivity index (χ4v) is 1.05. The Morgan fingerprint density at radius 1 is 0.409 bits per heavy atom. The molecule has 0 atom stereocenters. The van der Waals surface area contributed by atoms with Crippen molar-refractivity contribution in [2.75, 3.05) is 0 Å². The molecule has 0 unspecified atom stereocenters. The topological polar surface area (TPSA) is 102 Å².